The lowest BCUT2D eigenvalue weighted by atomic mass is 10.1. The lowest BCUT2D eigenvalue weighted by Crippen LogP contribution is -2.24. The Kier molecular flexibility index (Phi) is 4.04. The van der Waals surface area contributed by atoms with E-state index in [1.165, 1.54) is 0 Å². The highest BCUT2D eigenvalue weighted by molar-refractivity contribution is 7.91. The SMILES string of the molecule is CCOc1ncccc1NC(=O)[C@@H]1CCS(=O)(=O)C1. The predicted octanol–water partition coefficient (Wildman–Crippen LogP) is 0.853. The highest BCUT2D eigenvalue weighted by Gasteiger charge is 2.33. The number of anilines is 1. The average Bonchev–Trinajstić information content (AvgIpc) is 2.73. The molecule has 0 spiro atoms. The normalized spacial score (nSPS) is 21.0. The van der Waals surface area contributed by atoms with Crippen molar-refractivity contribution in [1.29, 1.82) is 0 Å². The number of carbonyl (C=O) groups is 1. The smallest absolute Gasteiger partial charge is 0.237 e. The van der Waals surface area contributed by atoms with Crippen molar-refractivity contribution < 1.29 is 17.9 Å². The summed E-state index contributed by atoms with van der Waals surface area (Å²) in [6, 6.07) is 3.36. The van der Waals surface area contributed by atoms with E-state index in [4.69, 9.17) is 4.74 Å². The maximum atomic E-state index is 12.0. The second kappa shape index (κ2) is 5.56. The third-order valence-electron chi connectivity index (χ3n) is 2.91. The molecule has 7 heteroatoms. The number of hydrogen-bond donors (Lipinski definition) is 1. The number of pyridine rings is 1. The zero-order chi connectivity index (χ0) is 13.9. The fourth-order valence-corrected chi connectivity index (χ4v) is 3.72. The third-order valence-corrected chi connectivity index (χ3v) is 4.68. The van der Waals surface area contributed by atoms with Crippen LogP contribution in [0.5, 0.6) is 5.88 Å². The third kappa shape index (κ3) is 3.44. The molecule has 1 fully saturated rings. The van der Waals surface area contributed by atoms with Crippen molar-refractivity contribution in [3.05, 3.63) is 18.3 Å². The molecule has 1 atom stereocenters. The Morgan fingerprint density at radius 1 is 1.58 bits per heavy atom. The van der Waals surface area contributed by atoms with Gasteiger partial charge in [0.15, 0.2) is 9.84 Å². The lowest BCUT2D eigenvalue weighted by Gasteiger charge is -2.12. The minimum atomic E-state index is -3.06. The van der Waals surface area contributed by atoms with Crippen LogP contribution < -0.4 is 10.1 Å². The number of sulfone groups is 1. The van der Waals surface area contributed by atoms with Crippen molar-refractivity contribution in [2.45, 2.75) is 13.3 Å². The summed E-state index contributed by atoms with van der Waals surface area (Å²) in [5.74, 6) is -0.437. The van der Waals surface area contributed by atoms with Crippen molar-refractivity contribution in [3.63, 3.8) is 0 Å². The molecule has 0 aromatic carbocycles. The van der Waals surface area contributed by atoms with Crippen molar-refractivity contribution in [2.24, 2.45) is 5.92 Å². The standard InChI is InChI=1S/C12H16N2O4S/c1-2-18-12-10(4-3-6-13-12)14-11(15)9-5-7-19(16,17)8-9/h3-4,6,9H,2,5,7-8H2,1H3,(H,14,15)/t9-/m1/s1. The molecule has 0 aliphatic carbocycles. The zero-order valence-electron chi connectivity index (χ0n) is 10.6. The summed E-state index contributed by atoms with van der Waals surface area (Å²) in [6.07, 6.45) is 1.94. The molecule has 1 aliphatic rings. The Morgan fingerprint density at radius 2 is 2.37 bits per heavy atom. The summed E-state index contributed by atoms with van der Waals surface area (Å²) in [6.45, 7) is 2.27. The number of carbonyl (C=O) groups excluding carboxylic acids is 1. The summed E-state index contributed by atoms with van der Waals surface area (Å²) in [7, 11) is -3.06. The van der Waals surface area contributed by atoms with Gasteiger partial charge in [-0.2, -0.15) is 0 Å². The average molecular weight is 284 g/mol. The van der Waals surface area contributed by atoms with E-state index in [0.717, 1.165) is 0 Å². The van der Waals surface area contributed by atoms with Crippen LogP contribution in [0.2, 0.25) is 0 Å². The van der Waals surface area contributed by atoms with E-state index in [1.54, 1.807) is 18.3 Å². The Bertz CT molecular complexity index is 571. The summed E-state index contributed by atoms with van der Waals surface area (Å²) in [4.78, 5) is 16.0. The number of nitrogens with one attached hydrogen (secondary N) is 1. The lowest BCUT2D eigenvalue weighted by molar-refractivity contribution is -0.119. The molecule has 0 unspecified atom stereocenters. The van der Waals surface area contributed by atoms with Crippen LogP contribution in [0, 0.1) is 5.92 Å². The molecule has 6 nitrogen and oxygen atoms in total. The molecule has 1 saturated heterocycles. The first-order valence-corrected chi connectivity index (χ1v) is 7.93. The Balaban J connectivity index is 2.07. The second-order valence-corrected chi connectivity index (χ2v) is 6.61. The van der Waals surface area contributed by atoms with Gasteiger partial charge in [0, 0.05) is 6.20 Å². The van der Waals surface area contributed by atoms with Gasteiger partial charge >= 0.3 is 0 Å². The number of ether oxygens (including phenoxy) is 1. The van der Waals surface area contributed by atoms with E-state index >= 15 is 0 Å². The van der Waals surface area contributed by atoms with E-state index in [9.17, 15) is 13.2 Å². The first-order valence-electron chi connectivity index (χ1n) is 6.11. The Hall–Kier alpha value is -1.63. The van der Waals surface area contributed by atoms with E-state index < -0.39 is 15.8 Å². The Labute approximate surface area is 112 Å². The predicted molar refractivity (Wildman–Crippen MR) is 70.8 cm³/mol. The van der Waals surface area contributed by atoms with Gasteiger partial charge in [0.2, 0.25) is 11.8 Å². The van der Waals surface area contributed by atoms with Gasteiger partial charge in [0.05, 0.1) is 24.0 Å². The van der Waals surface area contributed by atoms with Crippen LogP contribution in [0.4, 0.5) is 5.69 Å². The second-order valence-electron chi connectivity index (χ2n) is 4.38. The number of aromatic nitrogens is 1. The molecule has 0 radical (unpaired) electrons. The zero-order valence-corrected chi connectivity index (χ0v) is 11.4. The molecule has 2 heterocycles. The topological polar surface area (TPSA) is 85.4 Å². The van der Waals surface area contributed by atoms with Gasteiger partial charge in [-0.3, -0.25) is 4.79 Å². The summed E-state index contributed by atoms with van der Waals surface area (Å²) in [5.41, 5.74) is 0.471. The van der Waals surface area contributed by atoms with Gasteiger partial charge in [-0.1, -0.05) is 0 Å². The van der Waals surface area contributed by atoms with Crippen molar-refractivity contribution in [2.75, 3.05) is 23.4 Å². The molecular formula is C12H16N2O4S. The molecule has 1 aromatic heterocycles. The van der Waals surface area contributed by atoms with Crippen molar-refractivity contribution in [1.82, 2.24) is 4.98 Å². The summed E-state index contributed by atoms with van der Waals surface area (Å²) < 4.78 is 28.0. The Morgan fingerprint density at radius 3 is 3.00 bits per heavy atom. The number of amides is 1. The van der Waals surface area contributed by atoms with E-state index in [1.807, 2.05) is 6.92 Å². The molecule has 0 bridgehead atoms. The van der Waals surface area contributed by atoms with E-state index in [2.05, 4.69) is 10.3 Å². The van der Waals surface area contributed by atoms with E-state index in [-0.39, 0.29) is 17.4 Å². The molecule has 0 saturated carbocycles. The van der Waals surface area contributed by atoms with Crippen LogP contribution in [0.25, 0.3) is 0 Å². The fraction of sp³-hybridized carbons (Fsp3) is 0.500. The number of nitrogens with zero attached hydrogens (tertiary/aromatic N) is 1. The molecule has 104 valence electrons. The molecule has 2 rings (SSSR count). The van der Waals surface area contributed by atoms with Gasteiger partial charge in [0.25, 0.3) is 0 Å². The first kappa shape index (κ1) is 13.8. The van der Waals surface area contributed by atoms with Crippen molar-refractivity contribution >= 4 is 21.4 Å². The minimum Gasteiger partial charge on any atom is -0.476 e. The largest absolute Gasteiger partial charge is 0.476 e. The summed E-state index contributed by atoms with van der Waals surface area (Å²) >= 11 is 0. The maximum Gasteiger partial charge on any atom is 0.237 e. The van der Waals surface area contributed by atoms with Gasteiger partial charge in [-0.25, -0.2) is 13.4 Å². The number of hydrogen-bond acceptors (Lipinski definition) is 5. The molecule has 1 N–H and O–H groups in total. The quantitative estimate of drug-likeness (QED) is 0.886. The minimum absolute atomic E-state index is 0.0798. The van der Waals surface area contributed by atoms with Crippen LogP contribution in [0.15, 0.2) is 18.3 Å². The maximum absolute atomic E-state index is 12.0. The fourth-order valence-electron chi connectivity index (χ4n) is 1.97. The van der Waals surface area contributed by atoms with Gasteiger partial charge in [-0.05, 0) is 25.5 Å². The van der Waals surface area contributed by atoms with Gasteiger partial charge < -0.3 is 10.1 Å². The highest BCUT2D eigenvalue weighted by atomic mass is 32.2. The van der Waals surface area contributed by atoms with Crippen LogP contribution in [-0.2, 0) is 14.6 Å². The van der Waals surface area contributed by atoms with E-state index in [0.29, 0.717) is 24.6 Å². The van der Waals surface area contributed by atoms with Gasteiger partial charge in [0.1, 0.15) is 5.69 Å². The van der Waals surface area contributed by atoms with Crippen LogP contribution in [-0.4, -0.2) is 37.4 Å². The summed E-state index contributed by atoms with van der Waals surface area (Å²) in [5, 5.41) is 2.68. The molecule has 1 aromatic rings. The van der Waals surface area contributed by atoms with Crippen LogP contribution in [0.3, 0.4) is 0 Å². The molecule has 1 aliphatic heterocycles. The van der Waals surface area contributed by atoms with Gasteiger partial charge in [-0.15, -0.1) is 0 Å². The first-order chi connectivity index (χ1) is 9.02. The molecule has 19 heavy (non-hydrogen) atoms. The number of rotatable bonds is 4. The van der Waals surface area contributed by atoms with Crippen molar-refractivity contribution in [3.8, 4) is 5.88 Å². The van der Waals surface area contributed by atoms with Crippen LogP contribution in [0.1, 0.15) is 13.3 Å². The molecule has 1 amide bonds. The molecular weight excluding hydrogens is 268 g/mol. The highest BCUT2D eigenvalue weighted by Crippen LogP contribution is 2.24. The van der Waals surface area contributed by atoms with Crippen LogP contribution >= 0.6 is 0 Å². The monoisotopic (exact) mass is 284 g/mol.